The molecule has 0 bridgehead atoms. The molecule has 6 heteroatoms. The lowest BCUT2D eigenvalue weighted by Gasteiger charge is -2.40. The third-order valence-electron chi connectivity index (χ3n) is 6.19. The van der Waals surface area contributed by atoms with Crippen LogP contribution in [0.4, 0.5) is 5.69 Å². The first-order valence-corrected chi connectivity index (χ1v) is 10.8. The molecule has 2 fully saturated rings. The van der Waals surface area contributed by atoms with Gasteiger partial charge in [-0.25, -0.2) is 4.98 Å². The largest absolute Gasteiger partial charge is 0.379 e. The van der Waals surface area contributed by atoms with Gasteiger partial charge in [0.2, 0.25) is 5.91 Å². The van der Waals surface area contributed by atoms with E-state index < -0.39 is 0 Å². The summed E-state index contributed by atoms with van der Waals surface area (Å²) in [6.07, 6.45) is 7.83. The molecule has 0 aliphatic carbocycles. The highest BCUT2D eigenvalue weighted by molar-refractivity contribution is 5.91. The van der Waals surface area contributed by atoms with E-state index in [2.05, 4.69) is 39.9 Å². The molecule has 2 aromatic rings. The van der Waals surface area contributed by atoms with Gasteiger partial charge in [-0.05, 0) is 37.5 Å². The third-order valence-corrected chi connectivity index (χ3v) is 6.19. The van der Waals surface area contributed by atoms with E-state index in [0.29, 0.717) is 12.5 Å². The van der Waals surface area contributed by atoms with Gasteiger partial charge in [0.1, 0.15) is 6.33 Å². The highest BCUT2D eigenvalue weighted by atomic mass is 16.5. The highest BCUT2D eigenvalue weighted by Gasteiger charge is 2.26. The fourth-order valence-corrected chi connectivity index (χ4v) is 4.47. The van der Waals surface area contributed by atoms with E-state index in [1.54, 1.807) is 10.9 Å². The van der Waals surface area contributed by atoms with Crippen LogP contribution in [0.3, 0.4) is 0 Å². The first-order valence-electron chi connectivity index (χ1n) is 10.8. The molecule has 152 valence electrons. The van der Waals surface area contributed by atoms with Crippen molar-refractivity contribution in [1.29, 1.82) is 0 Å². The van der Waals surface area contributed by atoms with Gasteiger partial charge < -0.3 is 9.64 Å². The van der Waals surface area contributed by atoms with Gasteiger partial charge in [-0.1, -0.05) is 19.8 Å². The first kappa shape index (κ1) is 19.4. The van der Waals surface area contributed by atoms with Crippen molar-refractivity contribution in [2.75, 3.05) is 44.3 Å². The van der Waals surface area contributed by atoms with Crippen molar-refractivity contribution >= 4 is 22.6 Å². The smallest absolute Gasteiger partial charge is 0.232 e. The number of rotatable bonds is 6. The van der Waals surface area contributed by atoms with Crippen LogP contribution in [0.25, 0.3) is 11.0 Å². The van der Waals surface area contributed by atoms with Crippen molar-refractivity contribution in [2.45, 2.75) is 51.5 Å². The van der Waals surface area contributed by atoms with Crippen molar-refractivity contribution in [3.63, 3.8) is 0 Å². The zero-order valence-electron chi connectivity index (χ0n) is 17.0. The summed E-state index contributed by atoms with van der Waals surface area (Å²) >= 11 is 0. The fourth-order valence-electron chi connectivity index (χ4n) is 4.47. The number of hydrogen-bond acceptors (Lipinski definition) is 5. The number of morpholine rings is 1. The number of anilines is 1. The average molecular weight is 385 g/mol. The monoisotopic (exact) mass is 384 g/mol. The Morgan fingerprint density at radius 1 is 1.14 bits per heavy atom. The van der Waals surface area contributed by atoms with Crippen molar-refractivity contribution in [1.82, 2.24) is 14.5 Å². The van der Waals surface area contributed by atoms with Gasteiger partial charge in [-0.15, -0.1) is 0 Å². The van der Waals surface area contributed by atoms with Crippen molar-refractivity contribution in [2.24, 2.45) is 0 Å². The van der Waals surface area contributed by atoms with Crippen LogP contribution in [0.5, 0.6) is 0 Å². The number of carbonyl (C=O) groups excluding carboxylic acids is 1. The van der Waals surface area contributed by atoms with E-state index >= 15 is 0 Å². The van der Waals surface area contributed by atoms with E-state index in [4.69, 9.17) is 4.74 Å². The van der Waals surface area contributed by atoms with Crippen LogP contribution in [0, 0.1) is 0 Å². The minimum Gasteiger partial charge on any atom is -0.379 e. The third kappa shape index (κ3) is 4.23. The van der Waals surface area contributed by atoms with Gasteiger partial charge in [-0.3, -0.25) is 14.3 Å². The quantitative estimate of drug-likeness (QED) is 0.713. The van der Waals surface area contributed by atoms with Gasteiger partial charge >= 0.3 is 0 Å². The Bertz CT molecular complexity index is 789. The summed E-state index contributed by atoms with van der Waals surface area (Å²) in [7, 11) is 0. The van der Waals surface area contributed by atoms with Crippen LogP contribution in [-0.4, -0.2) is 65.8 Å². The van der Waals surface area contributed by atoms with E-state index in [9.17, 15) is 4.79 Å². The fraction of sp³-hybridized carbons (Fsp3) is 0.636. The molecule has 0 radical (unpaired) electrons. The predicted octanol–water partition coefficient (Wildman–Crippen LogP) is 3.56. The molecule has 0 amide bonds. The van der Waals surface area contributed by atoms with Crippen molar-refractivity contribution < 1.29 is 9.53 Å². The number of nitrogens with zero attached hydrogens (tertiary/aromatic N) is 4. The van der Waals surface area contributed by atoms with E-state index in [1.807, 2.05) is 0 Å². The average Bonchev–Trinajstić information content (AvgIpc) is 3.18. The number of fused-ring (bicyclic) bond motifs is 1. The van der Waals surface area contributed by atoms with Crippen LogP contribution >= 0.6 is 0 Å². The number of benzene rings is 1. The zero-order valence-corrected chi connectivity index (χ0v) is 17.0. The van der Waals surface area contributed by atoms with Crippen LogP contribution < -0.4 is 4.90 Å². The second kappa shape index (κ2) is 9.05. The molecule has 2 aliphatic rings. The molecular weight excluding hydrogens is 352 g/mol. The number of ether oxygens (including phenoxy) is 1. The summed E-state index contributed by atoms with van der Waals surface area (Å²) in [5, 5.41) is 0. The maximum Gasteiger partial charge on any atom is 0.232 e. The van der Waals surface area contributed by atoms with Gasteiger partial charge in [-0.2, -0.15) is 0 Å². The summed E-state index contributed by atoms with van der Waals surface area (Å²) in [6, 6.07) is 7.02. The Morgan fingerprint density at radius 3 is 2.68 bits per heavy atom. The Balaban J connectivity index is 1.43. The van der Waals surface area contributed by atoms with Crippen LogP contribution in [0.2, 0.25) is 0 Å². The normalized spacial score (nSPS) is 19.4. The Kier molecular flexibility index (Phi) is 6.27. The minimum absolute atomic E-state index is 0.152. The van der Waals surface area contributed by atoms with E-state index in [-0.39, 0.29) is 5.91 Å². The van der Waals surface area contributed by atoms with Gasteiger partial charge in [0.25, 0.3) is 0 Å². The molecule has 4 rings (SSSR count). The molecular formula is C22H32N4O2. The van der Waals surface area contributed by atoms with Crippen LogP contribution in [0.15, 0.2) is 24.5 Å². The lowest BCUT2D eigenvalue weighted by Crippen LogP contribution is -2.49. The van der Waals surface area contributed by atoms with E-state index in [1.165, 1.54) is 18.5 Å². The summed E-state index contributed by atoms with van der Waals surface area (Å²) in [6.45, 7) is 8.15. The number of imidazole rings is 1. The van der Waals surface area contributed by atoms with Crippen molar-refractivity contribution in [3.05, 3.63) is 24.5 Å². The summed E-state index contributed by atoms with van der Waals surface area (Å²) in [5.74, 6) is 0.152. The SMILES string of the molecule is CCCCCC(=O)n1cnc2ccc(N3CCC(N4CCOCC4)CC3)cc21. The topological polar surface area (TPSA) is 50.6 Å². The summed E-state index contributed by atoms with van der Waals surface area (Å²) in [4.78, 5) is 22.1. The summed E-state index contributed by atoms with van der Waals surface area (Å²) in [5.41, 5.74) is 3.04. The molecule has 6 nitrogen and oxygen atoms in total. The van der Waals surface area contributed by atoms with Crippen LogP contribution in [0.1, 0.15) is 50.2 Å². The molecule has 1 aromatic heterocycles. The molecule has 0 N–H and O–H groups in total. The highest BCUT2D eigenvalue weighted by Crippen LogP contribution is 2.26. The Morgan fingerprint density at radius 2 is 1.93 bits per heavy atom. The number of aromatic nitrogens is 2. The van der Waals surface area contributed by atoms with Gasteiger partial charge in [0, 0.05) is 44.3 Å². The van der Waals surface area contributed by atoms with Gasteiger partial charge in [0.15, 0.2) is 0 Å². The lowest BCUT2D eigenvalue weighted by atomic mass is 10.0. The molecule has 3 heterocycles. The maximum absolute atomic E-state index is 12.6. The predicted molar refractivity (Wildman–Crippen MR) is 112 cm³/mol. The molecule has 2 aliphatic heterocycles. The molecule has 28 heavy (non-hydrogen) atoms. The molecule has 0 saturated carbocycles. The van der Waals surface area contributed by atoms with E-state index in [0.717, 1.165) is 69.7 Å². The number of unbranched alkanes of at least 4 members (excludes halogenated alkanes) is 2. The second-order valence-corrected chi connectivity index (χ2v) is 8.00. The standard InChI is InChI=1S/C22H32N4O2/c1-2-3-4-5-22(27)26-17-23-20-7-6-19(16-21(20)26)24-10-8-18(9-11-24)25-12-14-28-15-13-25/h6-7,16-18H,2-5,8-15H2,1H3. The number of hydrogen-bond donors (Lipinski definition) is 0. The molecule has 1 aromatic carbocycles. The Hall–Kier alpha value is -1.92. The molecule has 2 saturated heterocycles. The zero-order chi connectivity index (χ0) is 19.3. The summed E-state index contributed by atoms with van der Waals surface area (Å²) < 4.78 is 7.23. The van der Waals surface area contributed by atoms with Crippen LogP contribution in [-0.2, 0) is 4.74 Å². The lowest BCUT2D eigenvalue weighted by molar-refractivity contribution is 0.0115. The maximum atomic E-state index is 12.6. The number of piperidine rings is 1. The first-order chi connectivity index (χ1) is 13.8. The Labute approximate surface area is 167 Å². The number of carbonyl (C=O) groups is 1. The molecule has 0 unspecified atom stereocenters. The van der Waals surface area contributed by atoms with Crippen molar-refractivity contribution in [3.8, 4) is 0 Å². The molecule has 0 atom stereocenters. The second-order valence-electron chi connectivity index (χ2n) is 8.00. The molecule has 0 spiro atoms. The van der Waals surface area contributed by atoms with Gasteiger partial charge in [0.05, 0.1) is 24.2 Å². The minimum atomic E-state index is 0.152.